The van der Waals surface area contributed by atoms with E-state index >= 15 is 0 Å². The molecule has 0 aromatic carbocycles. The van der Waals surface area contributed by atoms with Crippen LogP contribution in [0.3, 0.4) is 0 Å². The minimum Gasteiger partial charge on any atom is -0.468 e. The van der Waals surface area contributed by atoms with Gasteiger partial charge in [-0.3, -0.25) is 4.79 Å². The Morgan fingerprint density at radius 3 is 2.84 bits per heavy atom. The van der Waals surface area contributed by atoms with Gasteiger partial charge in [0.15, 0.2) is 6.61 Å². The van der Waals surface area contributed by atoms with E-state index in [-0.39, 0.29) is 24.9 Å². The van der Waals surface area contributed by atoms with Crippen LogP contribution in [0.5, 0.6) is 5.88 Å². The van der Waals surface area contributed by atoms with Gasteiger partial charge >= 0.3 is 6.18 Å². The second-order valence-corrected chi connectivity index (χ2v) is 3.71. The van der Waals surface area contributed by atoms with Gasteiger partial charge in [0.1, 0.15) is 0 Å². The number of hydrogen-bond acceptors (Lipinski definition) is 4. The van der Waals surface area contributed by atoms with Crippen molar-refractivity contribution in [3.63, 3.8) is 0 Å². The van der Waals surface area contributed by atoms with Crippen molar-refractivity contribution in [3.8, 4) is 5.88 Å². The second kappa shape index (κ2) is 6.93. The Hall–Kier alpha value is -1.83. The number of likely N-dealkylation sites (N-methyl/N-ethyl adjacent to an activating group) is 1. The van der Waals surface area contributed by atoms with E-state index in [1.165, 1.54) is 12.3 Å². The van der Waals surface area contributed by atoms with Crippen LogP contribution in [0.4, 0.5) is 13.2 Å². The number of pyridine rings is 1. The van der Waals surface area contributed by atoms with Crippen LogP contribution in [-0.2, 0) is 11.3 Å². The van der Waals surface area contributed by atoms with E-state index in [0.717, 1.165) is 0 Å². The monoisotopic (exact) mass is 277 g/mol. The van der Waals surface area contributed by atoms with Gasteiger partial charge in [0.05, 0.1) is 6.54 Å². The van der Waals surface area contributed by atoms with Crippen molar-refractivity contribution in [2.75, 3.05) is 20.2 Å². The highest BCUT2D eigenvalue weighted by Gasteiger charge is 2.28. The summed E-state index contributed by atoms with van der Waals surface area (Å²) in [5, 5.41) is 5.27. The molecule has 0 saturated carbocycles. The van der Waals surface area contributed by atoms with E-state index in [1.807, 2.05) is 0 Å². The number of ether oxygens (including phenoxy) is 1. The van der Waals surface area contributed by atoms with Gasteiger partial charge in [-0.15, -0.1) is 0 Å². The molecule has 1 aromatic heterocycles. The van der Waals surface area contributed by atoms with Gasteiger partial charge in [-0.05, 0) is 18.7 Å². The van der Waals surface area contributed by atoms with Crippen LogP contribution in [0, 0.1) is 0 Å². The molecule has 1 rings (SSSR count). The maximum Gasteiger partial charge on any atom is 0.422 e. The molecule has 8 heteroatoms. The number of rotatable bonds is 6. The fraction of sp³-hybridized carbons (Fsp3) is 0.455. The molecule has 0 unspecified atom stereocenters. The number of carbonyl (C=O) groups is 1. The lowest BCUT2D eigenvalue weighted by atomic mass is 10.2. The molecule has 106 valence electrons. The molecule has 5 nitrogen and oxygen atoms in total. The largest absolute Gasteiger partial charge is 0.468 e. The summed E-state index contributed by atoms with van der Waals surface area (Å²) in [4.78, 5) is 14.8. The van der Waals surface area contributed by atoms with Crippen molar-refractivity contribution in [1.29, 1.82) is 0 Å². The van der Waals surface area contributed by atoms with Crippen molar-refractivity contribution in [1.82, 2.24) is 15.6 Å². The smallest absolute Gasteiger partial charge is 0.422 e. The van der Waals surface area contributed by atoms with Gasteiger partial charge in [0.2, 0.25) is 11.8 Å². The van der Waals surface area contributed by atoms with Crippen molar-refractivity contribution in [2.45, 2.75) is 12.7 Å². The van der Waals surface area contributed by atoms with E-state index in [1.54, 1.807) is 13.1 Å². The number of hydrogen-bond donors (Lipinski definition) is 2. The predicted molar refractivity (Wildman–Crippen MR) is 61.6 cm³/mol. The molecule has 0 spiro atoms. The third kappa shape index (κ3) is 6.61. The van der Waals surface area contributed by atoms with Gasteiger partial charge in [0, 0.05) is 18.8 Å². The molecule has 2 N–H and O–H groups in total. The number of amides is 1. The standard InChI is InChI=1S/C11H14F3N3O2/c1-15-6-9(18)17-5-8-2-3-16-10(4-8)19-7-11(12,13)14/h2-4,15H,5-7H2,1H3,(H,17,18). The van der Waals surface area contributed by atoms with Crippen molar-refractivity contribution in [2.24, 2.45) is 0 Å². The zero-order valence-electron chi connectivity index (χ0n) is 10.3. The molecule has 0 bridgehead atoms. The van der Waals surface area contributed by atoms with Gasteiger partial charge in [-0.1, -0.05) is 0 Å². The third-order valence-electron chi connectivity index (χ3n) is 2.01. The summed E-state index contributed by atoms with van der Waals surface area (Å²) < 4.78 is 40.4. The van der Waals surface area contributed by atoms with E-state index in [9.17, 15) is 18.0 Å². The predicted octanol–water partition coefficient (Wildman–Crippen LogP) is 0.858. The third-order valence-corrected chi connectivity index (χ3v) is 2.01. The lowest BCUT2D eigenvalue weighted by Crippen LogP contribution is -2.31. The maximum absolute atomic E-state index is 12.0. The van der Waals surface area contributed by atoms with Crippen molar-refractivity contribution < 1.29 is 22.7 Å². The minimum absolute atomic E-state index is 0.127. The van der Waals surface area contributed by atoms with Crippen LogP contribution >= 0.6 is 0 Å². The van der Waals surface area contributed by atoms with Crippen molar-refractivity contribution >= 4 is 5.91 Å². The van der Waals surface area contributed by atoms with Crippen LogP contribution in [0.15, 0.2) is 18.3 Å². The van der Waals surface area contributed by atoms with Gasteiger partial charge in [-0.2, -0.15) is 13.2 Å². The molecule has 1 aromatic rings. The number of carbonyl (C=O) groups excluding carboxylic acids is 1. The number of aromatic nitrogens is 1. The van der Waals surface area contributed by atoms with Crippen molar-refractivity contribution in [3.05, 3.63) is 23.9 Å². The highest BCUT2D eigenvalue weighted by atomic mass is 19.4. The fourth-order valence-corrected chi connectivity index (χ4v) is 1.22. The summed E-state index contributed by atoms with van der Waals surface area (Å²) >= 11 is 0. The summed E-state index contributed by atoms with van der Waals surface area (Å²) in [5.74, 6) is -0.338. The van der Waals surface area contributed by atoms with Crippen LogP contribution < -0.4 is 15.4 Å². The van der Waals surface area contributed by atoms with Crippen LogP contribution in [-0.4, -0.2) is 37.3 Å². The lowest BCUT2D eigenvalue weighted by Gasteiger charge is -2.09. The molecule has 0 saturated heterocycles. The molecule has 0 fully saturated rings. The first kappa shape index (κ1) is 15.2. The number of halogens is 3. The summed E-state index contributed by atoms with van der Waals surface area (Å²) in [5.41, 5.74) is 0.608. The first-order valence-corrected chi connectivity index (χ1v) is 5.46. The average Bonchev–Trinajstić information content (AvgIpc) is 2.34. The molecular weight excluding hydrogens is 263 g/mol. The summed E-state index contributed by atoms with van der Waals surface area (Å²) in [6.45, 7) is -1.02. The Labute approximate surface area is 108 Å². The van der Waals surface area contributed by atoms with Gasteiger partial charge in [-0.25, -0.2) is 4.98 Å². The second-order valence-electron chi connectivity index (χ2n) is 3.71. The van der Waals surface area contributed by atoms with Crippen LogP contribution in [0.25, 0.3) is 0 Å². The van der Waals surface area contributed by atoms with E-state index in [2.05, 4.69) is 20.4 Å². The van der Waals surface area contributed by atoms with E-state index in [0.29, 0.717) is 5.56 Å². The number of alkyl halides is 3. The average molecular weight is 277 g/mol. The molecule has 0 aliphatic heterocycles. The molecule has 0 radical (unpaired) electrons. The summed E-state index contributed by atoms with van der Waals surface area (Å²) in [6, 6.07) is 2.94. The minimum atomic E-state index is -4.40. The Kier molecular flexibility index (Phi) is 5.56. The van der Waals surface area contributed by atoms with Crippen LogP contribution in [0.2, 0.25) is 0 Å². The zero-order valence-corrected chi connectivity index (χ0v) is 10.3. The Bertz CT molecular complexity index is 424. The topological polar surface area (TPSA) is 63.2 Å². The van der Waals surface area contributed by atoms with Crippen LogP contribution in [0.1, 0.15) is 5.56 Å². The molecule has 0 aliphatic carbocycles. The van der Waals surface area contributed by atoms with Gasteiger partial charge < -0.3 is 15.4 Å². The quantitative estimate of drug-likeness (QED) is 0.809. The molecule has 1 heterocycles. The van der Waals surface area contributed by atoms with Gasteiger partial charge in [0.25, 0.3) is 0 Å². The summed E-state index contributed by atoms with van der Waals surface area (Å²) in [7, 11) is 1.63. The molecule has 19 heavy (non-hydrogen) atoms. The normalized spacial score (nSPS) is 11.2. The maximum atomic E-state index is 12.0. The SMILES string of the molecule is CNCC(=O)NCc1ccnc(OCC(F)(F)F)c1. The fourth-order valence-electron chi connectivity index (χ4n) is 1.22. The Morgan fingerprint density at radius 2 is 2.21 bits per heavy atom. The summed E-state index contributed by atoms with van der Waals surface area (Å²) in [6.07, 6.45) is -3.08. The Balaban J connectivity index is 2.50. The lowest BCUT2D eigenvalue weighted by molar-refractivity contribution is -0.154. The van der Waals surface area contributed by atoms with E-state index < -0.39 is 12.8 Å². The highest BCUT2D eigenvalue weighted by molar-refractivity contribution is 5.77. The number of nitrogens with one attached hydrogen (secondary N) is 2. The zero-order chi connectivity index (χ0) is 14.3. The first-order chi connectivity index (χ1) is 8.90. The molecule has 0 atom stereocenters. The highest BCUT2D eigenvalue weighted by Crippen LogP contribution is 2.17. The first-order valence-electron chi connectivity index (χ1n) is 5.46. The molecular formula is C11H14F3N3O2. The number of nitrogens with zero attached hydrogens (tertiary/aromatic N) is 1. The Morgan fingerprint density at radius 1 is 1.47 bits per heavy atom. The van der Waals surface area contributed by atoms with E-state index in [4.69, 9.17) is 0 Å². The molecule has 1 amide bonds. The molecule has 0 aliphatic rings.